The van der Waals surface area contributed by atoms with E-state index in [1.54, 1.807) is 40.1 Å². The number of thiazole rings is 1. The molecule has 9 nitrogen and oxygen atoms in total. The topological polar surface area (TPSA) is 96.9 Å². The summed E-state index contributed by atoms with van der Waals surface area (Å²) < 4.78 is 50.6. The molecule has 1 saturated heterocycles. The van der Waals surface area contributed by atoms with Crippen LogP contribution in [0.5, 0.6) is 17.4 Å². The number of halogens is 3. The van der Waals surface area contributed by atoms with Crippen molar-refractivity contribution in [2.75, 3.05) is 37.0 Å². The van der Waals surface area contributed by atoms with Gasteiger partial charge in [0.2, 0.25) is 11.8 Å². The second-order valence-electron chi connectivity index (χ2n) is 9.99. The number of methoxy groups -OCH3 is 1. The zero-order chi connectivity index (χ0) is 28.9. The van der Waals surface area contributed by atoms with Crippen LogP contribution in [0.25, 0.3) is 10.3 Å². The quantitative estimate of drug-likeness (QED) is 0.314. The maximum Gasteiger partial charge on any atom is 0.416 e. The van der Waals surface area contributed by atoms with Gasteiger partial charge < -0.3 is 14.4 Å². The Labute approximate surface area is 236 Å². The summed E-state index contributed by atoms with van der Waals surface area (Å²) in [4.78, 5) is 38.5. The summed E-state index contributed by atoms with van der Waals surface area (Å²) in [6.45, 7) is 2.73. The van der Waals surface area contributed by atoms with E-state index in [0.717, 1.165) is 17.7 Å². The Morgan fingerprint density at radius 2 is 1.85 bits per heavy atom. The fourth-order valence-electron chi connectivity index (χ4n) is 5.38. The zero-order valence-corrected chi connectivity index (χ0v) is 22.8. The van der Waals surface area contributed by atoms with Gasteiger partial charge in [-0.25, -0.2) is 14.8 Å². The molecule has 6 rings (SSSR count). The normalized spacial score (nSPS) is 18.2. The van der Waals surface area contributed by atoms with Crippen molar-refractivity contribution in [2.24, 2.45) is 0 Å². The van der Waals surface area contributed by atoms with Crippen molar-refractivity contribution in [3.63, 3.8) is 0 Å². The first-order valence-electron chi connectivity index (χ1n) is 12.7. The first-order chi connectivity index (χ1) is 19.5. The highest BCUT2D eigenvalue weighted by Gasteiger charge is 2.49. The molecule has 2 aliphatic rings. The second kappa shape index (κ2) is 9.91. The summed E-state index contributed by atoms with van der Waals surface area (Å²) in [5.41, 5.74) is 0.663. The van der Waals surface area contributed by atoms with Crippen molar-refractivity contribution in [1.82, 2.24) is 14.9 Å². The molecule has 13 heteroatoms. The maximum atomic E-state index is 13.6. The fraction of sp³-hybridized carbons (Fsp3) is 0.286. The third-order valence-electron chi connectivity index (χ3n) is 7.39. The van der Waals surface area contributed by atoms with Crippen molar-refractivity contribution in [3.8, 4) is 17.4 Å². The average Bonchev–Trinajstić information content (AvgIpc) is 3.64. The molecule has 4 heterocycles. The Morgan fingerprint density at radius 3 is 2.59 bits per heavy atom. The smallest absolute Gasteiger partial charge is 0.416 e. The van der Waals surface area contributed by atoms with E-state index >= 15 is 0 Å². The number of amides is 3. The molecule has 0 saturated carbocycles. The number of likely N-dealkylation sites (tertiary alicyclic amines) is 1. The minimum atomic E-state index is -4.50. The van der Waals surface area contributed by atoms with E-state index in [4.69, 9.17) is 9.47 Å². The lowest BCUT2D eigenvalue weighted by Gasteiger charge is -2.25. The van der Waals surface area contributed by atoms with E-state index in [9.17, 15) is 22.8 Å². The summed E-state index contributed by atoms with van der Waals surface area (Å²) in [7, 11) is 1.52. The van der Waals surface area contributed by atoms with E-state index in [-0.39, 0.29) is 11.7 Å². The Balaban J connectivity index is 1.31. The van der Waals surface area contributed by atoms with Crippen LogP contribution in [0.4, 0.5) is 28.8 Å². The van der Waals surface area contributed by atoms with Gasteiger partial charge in [0.15, 0.2) is 5.13 Å². The predicted octanol–water partition coefficient (Wildman–Crippen LogP) is 6.05. The number of pyridine rings is 1. The van der Waals surface area contributed by atoms with Crippen LogP contribution >= 0.6 is 11.3 Å². The second-order valence-corrected chi connectivity index (χ2v) is 11.0. The summed E-state index contributed by atoms with van der Waals surface area (Å²) in [5, 5.41) is 3.23. The molecule has 4 aromatic rings. The molecule has 0 radical (unpaired) electrons. The lowest BCUT2D eigenvalue weighted by molar-refractivity contribution is -0.137. The summed E-state index contributed by atoms with van der Waals surface area (Å²) in [5.74, 6) is 0.741. The van der Waals surface area contributed by atoms with Crippen molar-refractivity contribution < 1.29 is 32.2 Å². The van der Waals surface area contributed by atoms with E-state index in [1.807, 2.05) is 0 Å². The third kappa shape index (κ3) is 5.01. The number of hydrogen-bond donors (Lipinski definition) is 1. The van der Waals surface area contributed by atoms with Crippen LogP contribution in [0.3, 0.4) is 0 Å². The number of benzene rings is 2. The molecule has 1 N–H and O–H groups in total. The number of nitrogens with zero attached hydrogens (tertiary/aromatic N) is 4. The van der Waals surface area contributed by atoms with Gasteiger partial charge in [0.25, 0.3) is 0 Å². The number of nitrogens with one attached hydrogen (secondary N) is 1. The van der Waals surface area contributed by atoms with Gasteiger partial charge in [-0.1, -0.05) is 17.4 Å². The van der Waals surface area contributed by atoms with Crippen LogP contribution in [0, 0.1) is 0 Å². The average molecular weight is 584 g/mol. The Bertz CT molecular complexity index is 1680. The maximum absolute atomic E-state index is 13.6. The van der Waals surface area contributed by atoms with Gasteiger partial charge in [0.05, 0.1) is 12.7 Å². The number of carbonyl (C=O) groups excluding carboxylic acids is 2. The van der Waals surface area contributed by atoms with Gasteiger partial charge in [-0.3, -0.25) is 15.0 Å². The van der Waals surface area contributed by atoms with Gasteiger partial charge in [0, 0.05) is 43.7 Å². The standard InChI is InChI=1S/C28H24F3N5O4S/c1-16(37)35-11-10-27(14-35)15-36(26(38)34-25-32-21-7-9-23(39-2)33-24(21)41-25)22-8-6-19(13-20(22)27)40-18-5-3-4-17(12-18)28(29,30)31/h3-9,12-13H,10-11,14-15H2,1-2H3,(H,32,34,38). The molecule has 1 unspecified atom stereocenters. The first-order valence-corrected chi connectivity index (χ1v) is 13.5. The van der Waals surface area contributed by atoms with E-state index in [1.165, 1.54) is 37.5 Å². The van der Waals surface area contributed by atoms with Crippen molar-refractivity contribution in [3.05, 3.63) is 65.7 Å². The molecule has 41 heavy (non-hydrogen) atoms. The van der Waals surface area contributed by atoms with Gasteiger partial charge >= 0.3 is 12.2 Å². The monoisotopic (exact) mass is 583 g/mol. The van der Waals surface area contributed by atoms with Crippen LogP contribution in [0.2, 0.25) is 0 Å². The molecule has 0 bridgehead atoms. The minimum absolute atomic E-state index is 0.0410. The number of alkyl halides is 3. The van der Waals surface area contributed by atoms with Crippen LogP contribution in [0.1, 0.15) is 24.5 Å². The summed E-state index contributed by atoms with van der Waals surface area (Å²) in [6.07, 6.45) is -3.89. The lowest BCUT2D eigenvalue weighted by atomic mass is 9.81. The summed E-state index contributed by atoms with van der Waals surface area (Å²) in [6, 6.07) is 12.8. The molecule has 1 spiro atoms. The highest BCUT2D eigenvalue weighted by Crippen LogP contribution is 2.48. The number of ether oxygens (including phenoxy) is 2. The molecule has 1 fully saturated rings. The van der Waals surface area contributed by atoms with Crippen LogP contribution in [0.15, 0.2) is 54.6 Å². The Kier molecular flexibility index (Phi) is 6.48. The van der Waals surface area contributed by atoms with Gasteiger partial charge in [0.1, 0.15) is 21.8 Å². The lowest BCUT2D eigenvalue weighted by Crippen LogP contribution is -2.41. The molecule has 0 aliphatic carbocycles. The van der Waals surface area contributed by atoms with Gasteiger partial charge in [-0.05, 0) is 54.4 Å². The van der Waals surface area contributed by atoms with Crippen molar-refractivity contribution in [1.29, 1.82) is 0 Å². The fourth-order valence-corrected chi connectivity index (χ4v) is 6.20. The van der Waals surface area contributed by atoms with Crippen molar-refractivity contribution >= 4 is 44.4 Å². The molecule has 2 aromatic carbocycles. The minimum Gasteiger partial charge on any atom is -0.481 e. The van der Waals surface area contributed by atoms with E-state index in [0.29, 0.717) is 58.9 Å². The first kappa shape index (κ1) is 26.8. The predicted molar refractivity (Wildman–Crippen MR) is 147 cm³/mol. The highest BCUT2D eigenvalue weighted by molar-refractivity contribution is 7.22. The molecular weight excluding hydrogens is 559 g/mol. The Hall–Kier alpha value is -4.39. The molecular formula is C28H24F3N5O4S. The third-order valence-corrected chi connectivity index (χ3v) is 8.27. The number of aromatic nitrogens is 2. The van der Waals surface area contributed by atoms with Crippen LogP contribution in [-0.4, -0.2) is 53.6 Å². The molecule has 2 aliphatic heterocycles. The van der Waals surface area contributed by atoms with Gasteiger partial charge in [-0.2, -0.15) is 13.2 Å². The largest absolute Gasteiger partial charge is 0.481 e. The number of hydrogen-bond acceptors (Lipinski definition) is 7. The van der Waals surface area contributed by atoms with Crippen LogP contribution < -0.4 is 19.7 Å². The molecule has 212 valence electrons. The molecule has 2 aromatic heterocycles. The summed E-state index contributed by atoms with van der Waals surface area (Å²) >= 11 is 1.22. The number of fused-ring (bicyclic) bond motifs is 3. The zero-order valence-electron chi connectivity index (χ0n) is 22.0. The van der Waals surface area contributed by atoms with E-state index in [2.05, 4.69) is 15.3 Å². The number of anilines is 2. The highest BCUT2D eigenvalue weighted by atomic mass is 32.1. The van der Waals surface area contributed by atoms with Crippen LogP contribution in [-0.2, 0) is 16.4 Å². The van der Waals surface area contributed by atoms with Crippen molar-refractivity contribution in [2.45, 2.75) is 24.9 Å². The van der Waals surface area contributed by atoms with E-state index < -0.39 is 23.2 Å². The number of urea groups is 1. The number of rotatable bonds is 4. The number of carbonyl (C=O) groups is 2. The SMILES string of the molecule is COc1ccc2nc(NC(=O)N3CC4(CCN(C(C)=O)C4)c4cc(Oc5cccc(C(F)(F)F)c5)ccc43)sc2n1. The molecule has 3 amide bonds. The Morgan fingerprint density at radius 1 is 1.05 bits per heavy atom. The molecule has 1 atom stereocenters. The van der Waals surface area contributed by atoms with Gasteiger partial charge in [-0.15, -0.1) is 0 Å².